The van der Waals surface area contributed by atoms with Gasteiger partial charge in [0.2, 0.25) is 0 Å². The molecule has 0 spiro atoms. The molecule has 90 valence electrons. The Morgan fingerprint density at radius 3 is 2.81 bits per heavy atom. The molecule has 1 aromatic heterocycles. The molecular formula is C11H16INO3. The summed E-state index contributed by atoms with van der Waals surface area (Å²) in [5.74, 6) is 0. The fourth-order valence-corrected chi connectivity index (χ4v) is 2.12. The zero-order valence-corrected chi connectivity index (χ0v) is 11.7. The minimum absolute atomic E-state index is 0.0516. The molecule has 16 heavy (non-hydrogen) atoms. The van der Waals surface area contributed by atoms with Crippen molar-refractivity contribution >= 4 is 22.6 Å². The summed E-state index contributed by atoms with van der Waals surface area (Å²) in [7, 11) is 1.64. The number of methoxy groups -OCH3 is 1. The molecule has 0 aliphatic heterocycles. The Kier molecular flexibility index (Phi) is 6.00. The molecule has 0 fully saturated rings. The van der Waals surface area contributed by atoms with Crippen molar-refractivity contribution < 1.29 is 9.47 Å². The highest BCUT2D eigenvalue weighted by Gasteiger charge is 2.01. The molecule has 0 radical (unpaired) electrons. The highest BCUT2D eigenvalue weighted by atomic mass is 127. The van der Waals surface area contributed by atoms with E-state index in [0.29, 0.717) is 26.4 Å². The molecule has 4 nitrogen and oxygen atoms in total. The SMILES string of the molecule is COCCOCCn1cc(I)cc(C)c1=O. The number of ether oxygens (including phenoxy) is 2. The molecule has 0 saturated carbocycles. The van der Waals surface area contributed by atoms with Crippen molar-refractivity contribution in [3.05, 3.63) is 31.8 Å². The molecule has 0 unspecified atom stereocenters. The molecule has 0 saturated heterocycles. The van der Waals surface area contributed by atoms with E-state index in [1.54, 1.807) is 11.7 Å². The third-order valence-electron chi connectivity index (χ3n) is 2.14. The zero-order valence-electron chi connectivity index (χ0n) is 9.53. The lowest BCUT2D eigenvalue weighted by atomic mass is 10.3. The van der Waals surface area contributed by atoms with Crippen LogP contribution in [0.5, 0.6) is 0 Å². The van der Waals surface area contributed by atoms with Gasteiger partial charge in [-0.25, -0.2) is 0 Å². The predicted molar refractivity (Wildman–Crippen MR) is 70.9 cm³/mol. The molecule has 0 N–H and O–H groups in total. The van der Waals surface area contributed by atoms with Gasteiger partial charge in [-0.1, -0.05) is 0 Å². The molecule has 0 bridgehead atoms. The molecule has 0 aliphatic carbocycles. The summed E-state index contributed by atoms with van der Waals surface area (Å²) in [4.78, 5) is 11.7. The van der Waals surface area contributed by atoms with Crippen LogP contribution < -0.4 is 5.56 Å². The normalized spacial score (nSPS) is 10.7. The molecule has 1 aromatic rings. The Balaban J connectivity index is 2.51. The first-order chi connectivity index (χ1) is 7.65. The van der Waals surface area contributed by atoms with Gasteiger partial charge in [-0.05, 0) is 35.6 Å². The van der Waals surface area contributed by atoms with Crippen LogP contribution in [0.2, 0.25) is 0 Å². The van der Waals surface area contributed by atoms with Crippen LogP contribution >= 0.6 is 22.6 Å². The van der Waals surface area contributed by atoms with Gasteiger partial charge >= 0.3 is 0 Å². The molecule has 1 heterocycles. The second-order valence-electron chi connectivity index (χ2n) is 3.45. The average Bonchev–Trinajstić information content (AvgIpc) is 2.24. The van der Waals surface area contributed by atoms with Crippen LogP contribution in [0.3, 0.4) is 0 Å². The quantitative estimate of drug-likeness (QED) is 0.582. The number of hydrogen-bond acceptors (Lipinski definition) is 3. The van der Waals surface area contributed by atoms with E-state index >= 15 is 0 Å². The van der Waals surface area contributed by atoms with Gasteiger partial charge in [-0.2, -0.15) is 0 Å². The van der Waals surface area contributed by atoms with Gasteiger partial charge in [0.1, 0.15) is 0 Å². The summed E-state index contributed by atoms with van der Waals surface area (Å²) in [5, 5.41) is 0. The lowest BCUT2D eigenvalue weighted by molar-refractivity contribution is 0.0662. The number of pyridine rings is 1. The van der Waals surface area contributed by atoms with Crippen LogP contribution in [0, 0.1) is 10.5 Å². The first-order valence-electron chi connectivity index (χ1n) is 5.08. The maximum atomic E-state index is 11.7. The van der Waals surface area contributed by atoms with Crippen molar-refractivity contribution in [3.63, 3.8) is 0 Å². The van der Waals surface area contributed by atoms with E-state index in [-0.39, 0.29) is 5.56 Å². The number of hydrogen-bond donors (Lipinski definition) is 0. The van der Waals surface area contributed by atoms with Gasteiger partial charge in [0, 0.05) is 29.0 Å². The van der Waals surface area contributed by atoms with Crippen LogP contribution in [-0.2, 0) is 16.0 Å². The maximum absolute atomic E-state index is 11.7. The second kappa shape index (κ2) is 7.03. The zero-order chi connectivity index (χ0) is 12.0. The lowest BCUT2D eigenvalue weighted by Gasteiger charge is -2.08. The Hall–Kier alpha value is -0.400. The van der Waals surface area contributed by atoms with E-state index in [2.05, 4.69) is 22.6 Å². The molecule has 0 aliphatic rings. The molecule has 1 rings (SSSR count). The minimum atomic E-state index is 0.0516. The fourth-order valence-electron chi connectivity index (χ4n) is 1.31. The standard InChI is InChI=1S/C11H16INO3/c1-9-7-10(12)8-13(11(9)14)3-4-16-6-5-15-2/h7-8H,3-6H2,1-2H3. The summed E-state index contributed by atoms with van der Waals surface area (Å²) in [6.45, 7) is 4.09. The Labute approximate surface area is 109 Å². The van der Waals surface area contributed by atoms with Crippen molar-refractivity contribution in [2.24, 2.45) is 0 Å². The van der Waals surface area contributed by atoms with Crippen LogP contribution in [0.4, 0.5) is 0 Å². The topological polar surface area (TPSA) is 40.5 Å². The van der Waals surface area contributed by atoms with Crippen molar-refractivity contribution in [2.75, 3.05) is 26.9 Å². The second-order valence-corrected chi connectivity index (χ2v) is 4.69. The molecule has 0 atom stereocenters. The third kappa shape index (κ3) is 4.23. The van der Waals surface area contributed by atoms with Gasteiger partial charge in [-0.15, -0.1) is 0 Å². The van der Waals surface area contributed by atoms with Gasteiger partial charge < -0.3 is 14.0 Å². The molecular weight excluding hydrogens is 321 g/mol. The van der Waals surface area contributed by atoms with Gasteiger partial charge in [0.25, 0.3) is 5.56 Å². The van der Waals surface area contributed by atoms with Crippen molar-refractivity contribution in [1.29, 1.82) is 0 Å². The van der Waals surface area contributed by atoms with Gasteiger partial charge in [0.15, 0.2) is 0 Å². The lowest BCUT2D eigenvalue weighted by Crippen LogP contribution is -2.24. The Bertz CT molecular complexity index is 389. The van der Waals surface area contributed by atoms with E-state index in [4.69, 9.17) is 9.47 Å². The van der Waals surface area contributed by atoms with E-state index in [9.17, 15) is 4.79 Å². The highest BCUT2D eigenvalue weighted by molar-refractivity contribution is 14.1. The van der Waals surface area contributed by atoms with Crippen molar-refractivity contribution in [2.45, 2.75) is 13.5 Å². The van der Waals surface area contributed by atoms with E-state index in [1.165, 1.54) is 0 Å². The monoisotopic (exact) mass is 337 g/mol. The number of rotatable bonds is 6. The highest BCUT2D eigenvalue weighted by Crippen LogP contribution is 2.03. The van der Waals surface area contributed by atoms with Crippen LogP contribution in [-0.4, -0.2) is 31.5 Å². The Morgan fingerprint density at radius 2 is 2.12 bits per heavy atom. The summed E-state index contributed by atoms with van der Waals surface area (Å²) < 4.78 is 12.9. The molecule has 5 heteroatoms. The minimum Gasteiger partial charge on any atom is -0.382 e. The van der Waals surface area contributed by atoms with Crippen molar-refractivity contribution in [3.8, 4) is 0 Å². The van der Waals surface area contributed by atoms with Gasteiger partial charge in [-0.3, -0.25) is 4.79 Å². The largest absolute Gasteiger partial charge is 0.382 e. The van der Waals surface area contributed by atoms with Gasteiger partial charge in [0.05, 0.1) is 19.8 Å². The summed E-state index contributed by atoms with van der Waals surface area (Å²) in [6.07, 6.45) is 1.84. The first kappa shape index (κ1) is 13.7. The number of aromatic nitrogens is 1. The summed E-state index contributed by atoms with van der Waals surface area (Å²) in [6, 6.07) is 1.88. The fraction of sp³-hybridized carbons (Fsp3) is 0.545. The summed E-state index contributed by atoms with van der Waals surface area (Å²) >= 11 is 2.20. The van der Waals surface area contributed by atoms with E-state index < -0.39 is 0 Å². The summed E-state index contributed by atoms with van der Waals surface area (Å²) in [5.41, 5.74) is 0.819. The average molecular weight is 337 g/mol. The smallest absolute Gasteiger partial charge is 0.253 e. The van der Waals surface area contributed by atoms with E-state index in [1.807, 2.05) is 19.2 Å². The molecule has 0 amide bonds. The maximum Gasteiger partial charge on any atom is 0.253 e. The first-order valence-corrected chi connectivity index (χ1v) is 6.16. The molecule has 0 aromatic carbocycles. The predicted octanol–water partition coefficient (Wildman–Crippen LogP) is 1.42. The Morgan fingerprint density at radius 1 is 1.38 bits per heavy atom. The van der Waals surface area contributed by atoms with Crippen molar-refractivity contribution in [1.82, 2.24) is 4.57 Å². The third-order valence-corrected chi connectivity index (χ3v) is 2.73. The number of aryl methyl sites for hydroxylation is 1. The van der Waals surface area contributed by atoms with Crippen LogP contribution in [0.25, 0.3) is 0 Å². The van der Waals surface area contributed by atoms with Crippen LogP contribution in [0.1, 0.15) is 5.56 Å². The number of nitrogens with zero attached hydrogens (tertiary/aromatic N) is 1. The van der Waals surface area contributed by atoms with E-state index in [0.717, 1.165) is 9.13 Å². The van der Waals surface area contributed by atoms with Crippen LogP contribution in [0.15, 0.2) is 17.1 Å². The number of halogens is 1.